The predicted molar refractivity (Wildman–Crippen MR) is 114 cm³/mol. The lowest BCUT2D eigenvalue weighted by atomic mass is 10.2. The number of hydrogen-bond acceptors (Lipinski definition) is 4. The molecule has 1 N–H and O–H groups in total. The summed E-state index contributed by atoms with van der Waals surface area (Å²) in [4.78, 5) is 29.0. The highest BCUT2D eigenvalue weighted by atomic mass is 16.2. The normalized spacial score (nSPS) is 14.8. The molecule has 0 unspecified atom stereocenters. The monoisotopic (exact) mass is 397 g/mol. The van der Waals surface area contributed by atoms with Gasteiger partial charge in [-0.2, -0.15) is 5.10 Å². The Morgan fingerprint density at radius 2 is 2.07 bits per heavy atom. The Kier molecular flexibility index (Phi) is 7.04. The number of carbonyl (C=O) groups is 2. The van der Waals surface area contributed by atoms with Gasteiger partial charge < -0.3 is 5.32 Å². The molecule has 1 aliphatic rings. The van der Waals surface area contributed by atoms with Crippen LogP contribution in [0.1, 0.15) is 37.9 Å². The minimum Gasteiger partial charge on any atom is -0.354 e. The molecule has 2 amide bonds. The topological polar surface area (TPSA) is 70.5 Å². The molecule has 3 rings (SSSR count). The molecule has 7 nitrogen and oxygen atoms in total. The molecule has 0 saturated carbocycles. The molecule has 1 atom stereocenters. The summed E-state index contributed by atoms with van der Waals surface area (Å²) in [5, 5.41) is 7.39. The Labute approximate surface area is 172 Å². The molecular weight excluding hydrogens is 366 g/mol. The van der Waals surface area contributed by atoms with Crippen LogP contribution in [0.5, 0.6) is 0 Å². The smallest absolute Gasteiger partial charge is 0.242 e. The third-order valence-electron chi connectivity index (χ3n) is 5.35. The Balaban J connectivity index is 1.48. The molecule has 0 fully saturated rings. The molecule has 0 aliphatic carbocycles. The van der Waals surface area contributed by atoms with Gasteiger partial charge in [-0.3, -0.25) is 19.4 Å². The number of fused-ring (bicyclic) bond motifs is 1. The minimum atomic E-state index is -0.552. The molecule has 1 aliphatic heterocycles. The van der Waals surface area contributed by atoms with E-state index >= 15 is 0 Å². The predicted octanol–water partition coefficient (Wildman–Crippen LogP) is 2.35. The van der Waals surface area contributed by atoms with Crippen molar-refractivity contribution < 1.29 is 9.59 Å². The van der Waals surface area contributed by atoms with Crippen molar-refractivity contribution in [2.45, 2.75) is 52.7 Å². The maximum absolute atomic E-state index is 12.7. The summed E-state index contributed by atoms with van der Waals surface area (Å²) in [6, 6.07) is 11.7. The summed E-state index contributed by atoms with van der Waals surface area (Å²) in [5.74, 6) is 0.554. The van der Waals surface area contributed by atoms with Gasteiger partial charge >= 0.3 is 0 Å². The van der Waals surface area contributed by atoms with E-state index in [1.807, 2.05) is 23.7 Å². The third kappa shape index (κ3) is 5.23. The standard InChI is InChI=1S/C22H31N5O2/c1-4-25(16-19-9-6-5-7-10-19)13-8-12-23-22(29)18(3)27-20-15-17(2)24-26(20)14-11-21(27)28/h5-7,9-10,15,18H,4,8,11-14,16H2,1-3H3,(H,23,29)/t18-/m0/s1. The summed E-state index contributed by atoms with van der Waals surface area (Å²) >= 11 is 0. The van der Waals surface area contributed by atoms with Crippen LogP contribution >= 0.6 is 0 Å². The number of carbonyl (C=O) groups excluding carboxylic acids is 2. The summed E-state index contributed by atoms with van der Waals surface area (Å²) in [7, 11) is 0. The quantitative estimate of drug-likeness (QED) is 0.660. The first-order valence-corrected chi connectivity index (χ1v) is 10.4. The van der Waals surface area contributed by atoms with Crippen LogP contribution < -0.4 is 10.2 Å². The Bertz CT molecular complexity index is 833. The van der Waals surface area contributed by atoms with E-state index in [1.54, 1.807) is 11.8 Å². The van der Waals surface area contributed by atoms with Gasteiger partial charge in [-0.15, -0.1) is 0 Å². The first-order chi connectivity index (χ1) is 14.0. The largest absolute Gasteiger partial charge is 0.354 e. The van der Waals surface area contributed by atoms with Crippen LogP contribution in [0.2, 0.25) is 0 Å². The fourth-order valence-corrected chi connectivity index (χ4v) is 3.72. The molecule has 1 aromatic heterocycles. The van der Waals surface area contributed by atoms with Crippen LogP contribution in [-0.4, -0.2) is 52.2 Å². The number of benzene rings is 1. The van der Waals surface area contributed by atoms with E-state index in [9.17, 15) is 9.59 Å². The minimum absolute atomic E-state index is 0.0277. The van der Waals surface area contributed by atoms with Crippen LogP contribution in [0.3, 0.4) is 0 Å². The van der Waals surface area contributed by atoms with E-state index < -0.39 is 6.04 Å². The van der Waals surface area contributed by atoms with Crippen molar-refractivity contribution in [1.82, 2.24) is 20.0 Å². The lowest BCUT2D eigenvalue weighted by Crippen LogP contribution is -2.51. The lowest BCUT2D eigenvalue weighted by Gasteiger charge is -2.32. The number of nitrogens with one attached hydrogen (secondary N) is 1. The molecule has 29 heavy (non-hydrogen) atoms. The van der Waals surface area contributed by atoms with Crippen molar-refractivity contribution >= 4 is 17.6 Å². The Morgan fingerprint density at radius 3 is 2.79 bits per heavy atom. The van der Waals surface area contributed by atoms with Crippen LogP contribution in [0.4, 0.5) is 5.82 Å². The van der Waals surface area contributed by atoms with Gasteiger partial charge in [0, 0.05) is 32.1 Å². The van der Waals surface area contributed by atoms with Gasteiger partial charge in [-0.1, -0.05) is 37.3 Å². The molecule has 2 aromatic rings. The Morgan fingerprint density at radius 1 is 1.31 bits per heavy atom. The van der Waals surface area contributed by atoms with Gasteiger partial charge in [0.15, 0.2) is 0 Å². The fraction of sp³-hybridized carbons (Fsp3) is 0.500. The SMILES string of the molecule is CCN(CCCNC(=O)[C@H](C)N1C(=O)CCn2nc(C)cc21)Cc1ccccc1. The molecule has 7 heteroatoms. The lowest BCUT2D eigenvalue weighted by molar-refractivity contribution is -0.126. The molecule has 0 bridgehead atoms. The van der Waals surface area contributed by atoms with Crippen LogP contribution in [0.15, 0.2) is 36.4 Å². The highest BCUT2D eigenvalue weighted by molar-refractivity contribution is 6.00. The number of aryl methyl sites for hydroxylation is 2. The number of aromatic nitrogens is 2. The third-order valence-corrected chi connectivity index (χ3v) is 5.35. The fourth-order valence-electron chi connectivity index (χ4n) is 3.72. The second-order valence-electron chi connectivity index (χ2n) is 7.56. The average molecular weight is 398 g/mol. The van der Waals surface area contributed by atoms with E-state index in [-0.39, 0.29) is 11.8 Å². The zero-order chi connectivity index (χ0) is 20.8. The number of nitrogens with zero attached hydrogens (tertiary/aromatic N) is 4. The molecular formula is C22H31N5O2. The second-order valence-corrected chi connectivity index (χ2v) is 7.56. The van der Waals surface area contributed by atoms with Crippen LogP contribution in [0.25, 0.3) is 0 Å². The van der Waals surface area contributed by atoms with Crippen molar-refractivity contribution in [3.63, 3.8) is 0 Å². The molecule has 0 radical (unpaired) electrons. The van der Waals surface area contributed by atoms with E-state index in [2.05, 4.69) is 46.5 Å². The summed E-state index contributed by atoms with van der Waals surface area (Å²) in [5.41, 5.74) is 2.15. The summed E-state index contributed by atoms with van der Waals surface area (Å²) in [6.45, 7) is 9.77. The van der Waals surface area contributed by atoms with Crippen molar-refractivity contribution in [3.8, 4) is 0 Å². The van der Waals surface area contributed by atoms with Gasteiger partial charge in [-0.05, 0) is 32.4 Å². The van der Waals surface area contributed by atoms with Gasteiger partial charge in [-0.25, -0.2) is 4.68 Å². The first-order valence-electron chi connectivity index (χ1n) is 10.4. The molecule has 0 saturated heterocycles. The number of amides is 2. The summed E-state index contributed by atoms with van der Waals surface area (Å²) < 4.78 is 1.81. The number of anilines is 1. The van der Waals surface area contributed by atoms with Gasteiger partial charge in [0.25, 0.3) is 0 Å². The van der Waals surface area contributed by atoms with Crippen LogP contribution in [-0.2, 0) is 22.7 Å². The van der Waals surface area contributed by atoms with Crippen molar-refractivity contribution in [2.24, 2.45) is 0 Å². The van der Waals surface area contributed by atoms with Gasteiger partial charge in [0.05, 0.1) is 12.2 Å². The van der Waals surface area contributed by atoms with Crippen molar-refractivity contribution in [2.75, 3.05) is 24.5 Å². The van der Waals surface area contributed by atoms with Gasteiger partial charge in [0.1, 0.15) is 11.9 Å². The van der Waals surface area contributed by atoms with Gasteiger partial charge in [0.2, 0.25) is 11.8 Å². The molecule has 156 valence electrons. The maximum Gasteiger partial charge on any atom is 0.242 e. The number of hydrogen-bond donors (Lipinski definition) is 1. The van der Waals surface area contributed by atoms with Crippen molar-refractivity contribution in [3.05, 3.63) is 47.7 Å². The van der Waals surface area contributed by atoms with E-state index in [0.717, 1.165) is 31.7 Å². The first kappa shape index (κ1) is 21.0. The van der Waals surface area contributed by atoms with E-state index in [1.165, 1.54) is 5.56 Å². The maximum atomic E-state index is 12.7. The van der Waals surface area contributed by atoms with E-state index in [4.69, 9.17) is 0 Å². The van der Waals surface area contributed by atoms with Crippen LogP contribution in [0, 0.1) is 6.92 Å². The molecule has 1 aromatic carbocycles. The average Bonchev–Trinajstić information content (AvgIpc) is 3.10. The highest BCUT2D eigenvalue weighted by Gasteiger charge is 2.32. The molecule has 2 heterocycles. The highest BCUT2D eigenvalue weighted by Crippen LogP contribution is 2.24. The van der Waals surface area contributed by atoms with Crippen molar-refractivity contribution in [1.29, 1.82) is 0 Å². The zero-order valence-corrected chi connectivity index (χ0v) is 17.6. The summed E-state index contributed by atoms with van der Waals surface area (Å²) in [6.07, 6.45) is 1.24. The Hall–Kier alpha value is -2.67. The van der Waals surface area contributed by atoms with E-state index in [0.29, 0.717) is 25.3 Å². The second kappa shape index (κ2) is 9.69. The molecule has 0 spiro atoms. The number of rotatable bonds is 9. The zero-order valence-electron chi connectivity index (χ0n) is 17.6.